The molecule has 0 radical (unpaired) electrons. The lowest BCUT2D eigenvalue weighted by molar-refractivity contribution is 0.280. The topological polar surface area (TPSA) is 48.4 Å². The summed E-state index contributed by atoms with van der Waals surface area (Å²) in [6.45, 7) is 0.462. The predicted octanol–water partition coefficient (Wildman–Crippen LogP) is 2.99. The molecule has 0 aliphatic carbocycles. The number of hydrogen-bond acceptors (Lipinski definition) is 3. The standard InChI is InChI=1S/C13H14BrNO2/c14-12-5-1-2-6-13(12)17-9-10(15)8-11-4-3-7-16-11/h1-7,10H,8-9,15H2. The van der Waals surface area contributed by atoms with Crippen molar-refractivity contribution in [2.24, 2.45) is 5.73 Å². The maximum absolute atomic E-state index is 5.96. The summed E-state index contributed by atoms with van der Waals surface area (Å²) in [6.07, 6.45) is 2.33. The Morgan fingerprint density at radius 2 is 2.06 bits per heavy atom. The van der Waals surface area contributed by atoms with E-state index in [0.29, 0.717) is 13.0 Å². The first-order valence-electron chi connectivity index (χ1n) is 5.41. The normalized spacial score (nSPS) is 12.4. The Kier molecular flexibility index (Phi) is 4.23. The van der Waals surface area contributed by atoms with Crippen molar-refractivity contribution in [1.29, 1.82) is 0 Å². The van der Waals surface area contributed by atoms with E-state index in [1.54, 1.807) is 6.26 Å². The van der Waals surface area contributed by atoms with E-state index in [1.165, 1.54) is 0 Å². The Morgan fingerprint density at radius 1 is 1.24 bits per heavy atom. The molecule has 0 saturated carbocycles. The van der Waals surface area contributed by atoms with Gasteiger partial charge in [0.2, 0.25) is 0 Å². The summed E-state index contributed by atoms with van der Waals surface area (Å²) in [5, 5.41) is 0. The lowest BCUT2D eigenvalue weighted by Gasteiger charge is -2.12. The molecule has 2 N–H and O–H groups in total. The summed E-state index contributed by atoms with van der Waals surface area (Å²) in [6, 6.07) is 11.4. The van der Waals surface area contributed by atoms with Gasteiger partial charge in [-0.3, -0.25) is 0 Å². The molecule has 0 spiro atoms. The monoisotopic (exact) mass is 295 g/mol. The summed E-state index contributed by atoms with van der Waals surface area (Å²) >= 11 is 3.42. The maximum Gasteiger partial charge on any atom is 0.133 e. The molecular formula is C13H14BrNO2. The van der Waals surface area contributed by atoms with Crippen molar-refractivity contribution in [3.8, 4) is 5.75 Å². The second-order valence-electron chi connectivity index (χ2n) is 3.78. The summed E-state index contributed by atoms with van der Waals surface area (Å²) in [4.78, 5) is 0. The number of hydrogen-bond donors (Lipinski definition) is 1. The van der Waals surface area contributed by atoms with E-state index in [2.05, 4.69) is 15.9 Å². The number of halogens is 1. The van der Waals surface area contributed by atoms with Gasteiger partial charge >= 0.3 is 0 Å². The maximum atomic E-state index is 5.96. The van der Waals surface area contributed by atoms with Crippen LogP contribution < -0.4 is 10.5 Å². The molecule has 0 saturated heterocycles. The molecule has 0 aliphatic rings. The van der Waals surface area contributed by atoms with Crippen molar-refractivity contribution in [3.05, 3.63) is 52.9 Å². The van der Waals surface area contributed by atoms with Crippen molar-refractivity contribution in [1.82, 2.24) is 0 Å². The van der Waals surface area contributed by atoms with Gasteiger partial charge in [-0.2, -0.15) is 0 Å². The summed E-state index contributed by atoms with van der Waals surface area (Å²) in [5.74, 6) is 1.69. The smallest absolute Gasteiger partial charge is 0.133 e. The van der Waals surface area contributed by atoms with Gasteiger partial charge in [0, 0.05) is 12.5 Å². The number of benzene rings is 1. The lowest BCUT2D eigenvalue weighted by atomic mass is 10.2. The average Bonchev–Trinajstić information content (AvgIpc) is 2.81. The molecule has 0 amide bonds. The van der Waals surface area contributed by atoms with Gasteiger partial charge in [0.1, 0.15) is 18.1 Å². The van der Waals surface area contributed by atoms with Gasteiger partial charge in [0.05, 0.1) is 10.7 Å². The minimum Gasteiger partial charge on any atom is -0.491 e. The Morgan fingerprint density at radius 3 is 2.76 bits per heavy atom. The first kappa shape index (κ1) is 12.2. The molecule has 4 heteroatoms. The molecule has 2 rings (SSSR count). The van der Waals surface area contributed by atoms with Gasteiger partial charge in [-0.05, 0) is 40.2 Å². The molecule has 0 aliphatic heterocycles. The fraction of sp³-hybridized carbons (Fsp3) is 0.231. The molecule has 17 heavy (non-hydrogen) atoms. The second-order valence-corrected chi connectivity index (χ2v) is 4.64. The van der Waals surface area contributed by atoms with Gasteiger partial charge in [-0.1, -0.05) is 12.1 Å². The van der Waals surface area contributed by atoms with Crippen molar-refractivity contribution in [2.45, 2.75) is 12.5 Å². The van der Waals surface area contributed by atoms with Gasteiger partial charge in [0.15, 0.2) is 0 Å². The minimum absolute atomic E-state index is 0.0757. The molecule has 2 aromatic rings. The Bertz CT molecular complexity index is 456. The zero-order valence-electron chi connectivity index (χ0n) is 9.30. The van der Waals surface area contributed by atoms with Crippen LogP contribution in [0.2, 0.25) is 0 Å². The second kappa shape index (κ2) is 5.89. The third-order valence-corrected chi connectivity index (χ3v) is 2.99. The molecule has 1 unspecified atom stereocenters. The SMILES string of the molecule is NC(COc1ccccc1Br)Cc1ccco1. The van der Waals surface area contributed by atoms with Crippen LogP contribution in [0.3, 0.4) is 0 Å². The van der Waals surface area contributed by atoms with Crippen molar-refractivity contribution in [2.75, 3.05) is 6.61 Å². The van der Waals surface area contributed by atoms with Crippen LogP contribution in [0.15, 0.2) is 51.6 Å². The van der Waals surface area contributed by atoms with Gasteiger partial charge in [-0.25, -0.2) is 0 Å². The van der Waals surface area contributed by atoms with E-state index in [-0.39, 0.29) is 6.04 Å². The van der Waals surface area contributed by atoms with Crippen molar-refractivity contribution >= 4 is 15.9 Å². The summed E-state index contributed by atoms with van der Waals surface area (Å²) in [5.41, 5.74) is 5.96. The minimum atomic E-state index is -0.0757. The van der Waals surface area contributed by atoms with E-state index in [9.17, 15) is 0 Å². The first-order chi connectivity index (χ1) is 8.25. The van der Waals surface area contributed by atoms with Crippen LogP contribution in [-0.4, -0.2) is 12.6 Å². The molecule has 90 valence electrons. The van der Waals surface area contributed by atoms with Crippen LogP contribution in [0.1, 0.15) is 5.76 Å². The van der Waals surface area contributed by atoms with E-state index in [4.69, 9.17) is 14.9 Å². The molecule has 1 aromatic carbocycles. The third-order valence-electron chi connectivity index (χ3n) is 2.33. The van der Waals surface area contributed by atoms with Crippen LogP contribution in [0.25, 0.3) is 0 Å². The first-order valence-corrected chi connectivity index (χ1v) is 6.20. The van der Waals surface area contributed by atoms with Crippen LogP contribution in [0.5, 0.6) is 5.75 Å². The van der Waals surface area contributed by atoms with Crippen LogP contribution >= 0.6 is 15.9 Å². The molecular weight excluding hydrogens is 282 g/mol. The highest BCUT2D eigenvalue weighted by molar-refractivity contribution is 9.10. The highest BCUT2D eigenvalue weighted by atomic mass is 79.9. The van der Waals surface area contributed by atoms with E-state index >= 15 is 0 Å². The largest absolute Gasteiger partial charge is 0.491 e. The lowest BCUT2D eigenvalue weighted by Crippen LogP contribution is -2.30. The highest BCUT2D eigenvalue weighted by Gasteiger charge is 2.08. The van der Waals surface area contributed by atoms with Gasteiger partial charge < -0.3 is 14.9 Å². The summed E-state index contributed by atoms with van der Waals surface area (Å²) in [7, 11) is 0. The predicted molar refractivity (Wildman–Crippen MR) is 70.0 cm³/mol. The zero-order valence-corrected chi connectivity index (χ0v) is 10.9. The molecule has 1 atom stereocenters. The Balaban J connectivity index is 1.84. The van der Waals surface area contributed by atoms with Gasteiger partial charge in [0.25, 0.3) is 0 Å². The van der Waals surface area contributed by atoms with Crippen LogP contribution in [0, 0.1) is 0 Å². The molecule has 1 aromatic heterocycles. The Labute approximate surface area is 109 Å². The van der Waals surface area contributed by atoms with Crippen LogP contribution in [0.4, 0.5) is 0 Å². The zero-order chi connectivity index (χ0) is 12.1. The molecule has 1 heterocycles. The van der Waals surface area contributed by atoms with Gasteiger partial charge in [-0.15, -0.1) is 0 Å². The summed E-state index contributed by atoms with van der Waals surface area (Å²) < 4.78 is 11.8. The van der Waals surface area contributed by atoms with E-state index in [1.807, 2.05) is 36.4 Å². The van der Waals surface area contributed by atoms with E-state index in [0.717, 1.165) is 16.0 Å². The van der Waals surface area contributed by atoms with E-state index < -0.39 is 0 Å². The molecule has 0 bridgehead atoms. The number of rotatable bonds is 5. The molecule has 3 nitrogen and oxygen atoms in total. The molecule has 0 fully saturated rings. The third kappa shape index (κ3) is 3.61. The van der Waals surface area contributed by atoms with Crippen molar-refractivity contribution in [3.63, 3.8) is 0 Å². The number of para-hydroxylation sites is 1. The number of ether oxygens (including phenoxy) is 1. The fourth-order valence-electron chi connectivity index (χ4n) is 1.50. The van der Waals surface area contributed by atoms with Crippen LogP contribution in [-0.2, 0) is 6.42 Å². The number of furan rings is 1. The quantitative estimate of drug-likeness (QED) is 0.922. The highest BCUT2D eigenvalue weighted by Crippen LogP contribution is 2.23. The van der Waals surface area contributed by atoms with Crippen molar-refractivity contribution < 1.29 is 9.15 Å². The number of nitrogens with two attached hydrogens (primary N) is 1. The Hall–Kier alpha value is -1.26. The average molecular weight is 296 g/mol. The fourth-order valence-corrected chi connectivity index (χ4v) is 1.90.